The van der Waals surface area contributed by atoms with Crippen molar-refractivity contribution in [2.75, 3.05) is 37.6 Å². The predicted molar refractivity (Wildman–Crippen MR) is 150 cm³/mol. The van der Waals surface area contributed by atoms with E-state index in [1.807, 2.05) is 24.3 Å². The maximum Gasteiger partial charge on any atom is 1.00 e. The fourth-order valence-electron chi connectivity index (χ4n) is 5.26. The van der Waals surface area contributed by atoms with Gasteiger partial charge in [0.2, 0.25) is 5.95 Å². The SMILES string of the molecule is O=C(O)CCc1ccc(CCN2CCCN(c3nc4ccccc4n3Cc3ccc(F)cc3)CCC2)cc1.[H-].[Na+]. The molecule has 0 bridgehead atoms. The number of para-hydroxylation sites is 2. The van der Waals surface area contributed by atoms with Gasteiger partial charge in [0, 0.05) is 26.1 Å². The first-order valence-corrected chi connectivity index (χ1v) is 13.5. The summed E-state index contributed by atoms with van der Waals surface area (Å²) in [7, 11) is 0. The predicted octanol–water partition coefficient (Wildman–Crippen LogP) is 2.50. The molecule has 3 aromatic carbocycles. The molecule has 1 saturated heterocycles. The molecule has 200 valence electrons. The van der Waals surface area contributed by atoms with E-state index in [2.05, 4.69) is 50.8 Å². The maximum absolute atomic E-state index is 13.5. The van der Waals surface area contributed by atoms with Crippen LogP contribution in [0.1, 0.15) is 37.4 Å². The first-order chi connectivity index (χ1) is 18.5. The summed E-state index contributed by atoms with van der Waals surface area (Å²) in [6, 6.07) is 23.4. The van der Waals surface area contributed by atoms with Crippen molar-refractivity contribution in [1.82, 2.24) is 14.5 Å². The van der Waals surface area contributed by atoms with E-state index >= 15 is 0 Å². The smallest absolute Gasteiger partial charge is 1.00 e. The number of nitrogens with zero attached hydrogens (tertiary/aromatic N) is 4. The van der Waals surface area contributed by atoms with Crippen LogP contribution in [0.25, 0.3) is 11.0 Å². The van der Waals surface area contributed by atoms with Crippen LogP contribution < -0.4 is 34.5 Å². The molecule has 1 fully saturated rings. The van der Waals surface area contributed by atoms with Crippen molar-refractivity contribution in [2.24, 2.45) is 0 Å². The summed E-state index contributed by atoms with van der Waals surface area (Å²) in [5, 5.41) is 8.87. The van der Waals surface area contributed by atoms with Crippen LogP contribution in [-0.4, -0.2) is 58.3 Å². The molecule has 6 nitrogen and oxygen atoms in total. The number of hydrogen-bond donors (Lipinski definition) is 1. The Hall–Kier alpha value is -2.71. The maximum atomic E-state index is 13.5. The van der Waals surface area contributed by atoms with Crippen molar-refractivity contribution in [3.63, 3.8) is 0 Å². The molecule has 0 unspecified atom stereocenters. The van der Waals surface area contributed by atoms with E-state index in [1.165, 1.54) is 17.7 Å². The molecule has 0 amide bonds. The fourth-order valence-corrected chi connectivity index (χ4v) is 5.26. The molecule has 1 aliphatic rings. The van der Waals surface area contributed by atoms with Crippen LogP contribution in [0.5, 0.6) is 0 Å². The van der Waals surface area contributed by atoms with Gasteiger partial charge in [-0.2, -0.15) is 0 Å². The van der Waals surface area contributed by atoms with Crippen LogP contribution >= 0.6 is 0 Å². The monoisotopic (exact) mass is 538 g/mol. The van der Waals surface area contributed by atoms with Gasteiger partial charge in [0.1, 0.15) is 5.82 Å². The van der Waals surface area contributed by atoms with Gasteiger partial charge in [0.15, 0.2) is 0 Å². The topological polar surface area (TPSA) is 61.6 Å². The molecule has 5 rings (SSSR count). The third-order valence-corrected chi connectivity index (χ3v) is 7.34. The minimum absolute atomic E-state index is 0. The van der Waals surface area contributed by atoms with Crippen LogP contribution in [-0.2, 0) is 24.2 Å². The Morgan fingerprint density at radius 3 is 2.13 bits per heavy atom. The van der Waals surface area contributed by atoms with Gasteiger partial charge in [0.25, 0.3) is 0 Å². The standard InChI is InChI=1S/C31H35FN4O2.Na.H/c32-27-14-11-26(12-15-27)23-36-29-6-2-1-5-28(29)33-31(36)35-20-3-18-34(19-4-21-35)22-17-25-9-7-24(8-10-25)13-16-30(37)38;;/h1-2,5-12,14-15H,3-4,13,16-23H2,(H,37,38);;/q;+1;-1. The van der Waals surface area contributed by atoms with E-state index < -0.39 is 5.97 Å². The summed E-state index contributed by atoms with van der Waals surface area (Å²) in [5.41, 5.74) is 5.52. The molecule has 0 radical (unpaired) electrons. The van der Waals surface area contributed by atoms with E-state index in [1.54, 1.807) is 0 Å². The summed E-state index contributed by atoms with van der Waals surface area (Å²) >= 11 is 0. The van der Waals surface area contributed by atoms with Gasteiger partial charge in [-0.15, -0.1) is 0 Å². The Kier molecular flexibility index (Phi) is 10.6. The minimum Gasteiger partial charge on any atom is -1.00 e. The number of carbonyl (C=O) groups is 1. The number of carboxylic acid groups (broad SMARTS) is 1. The summed E-state index contributed by atoms with van der Waals surface area (Å²) in [5.74, 6) is 0.0207. The number of benzene rings is 3. The molecule has 39 heavy (non-hydrogen) atoms. The molecule has 2 heterocycles. The average molecular weight is 539 g/mol. The van der Waals surface area contributed by atoms with E-state index in [-0.39, 0.29) is 43.2 Å². The zero-order valence-corrected chi connectivity index (χ0v) is 24.7. The molecule has 0 saturated carbocycles. The molecule has 1 N–H and O–H groups in total. The van der Waals surface area contributed by atoms with Crippen LogP contribution in [0.4, 0.5) is 10.3 Å². The van der Waals surface area contributed by atoms with Gasteiger partial charge in [-0.3, -0.25) is 4.79 Å². The van der Waals surface area contributed by atoms with Crippen molar-refractivity contribution in [2.45, 2.75) is 38.6 Å². The second-order valence-electron chi connectivity index (χ2n) is 10.1. The number of rotatable bonds is 9. The summed E-state index contributed by atoms with van der Waals surface area (Å²) in [6.45, 7) is 5.67. The number of hydrogen-bond acceptors (Lipinski definition) is 4. The number of aromatic nitrogens is 2. The number of anilines is 1. The van der Waals surface area contributed by atoms with E-state index in [9.17, 15) is 9.18 Å². The zero-order valence-electron chi connectivity index (χ0n) is 23.7. The van der Waals surface area contributed by atoms with Crippen LogP contribution in [0.3, 0.4) is 0 Å². The number of carboxylic acids is 1. The molecule has 1 aliphatic heterocycles. The summed E-state index contributed by atoms with van der Waals surface area (Å²) in [4.78, 5) is 20.8. The van der Waals surface area contributed by atoms with Gasteiger partial charge in [-0.05, 0) is 79.7 Å². The van der Waals surface area contributed by atoms with Gasteiger partial charge in [0.05, 0.1) is 17.6 Å². The number of imidazole rings is 1. The Bertz CT molecular complexity index is 1350. The molecule has 0 aliphatic carbocycles. The first kappa shape index (κ1) is 29.3. The Morgan fingerprint density at radius 2 is 1.46 bits per heavy atom. The van der Waals surface area contributed by atoms with Gasteiger partial charge < -0.3 is 20.9 Å². The molecule has 1 aromatic heterocycles. The molecule has 8 heteroatoms. The van der Waals surface area contributed by atoms with Crippen molar-refractivity contribution in [3.05, 3.63) is 95.3 Å². The molecular formula is C31H36FN4NaO2. The van der Waals surface area contributed by atoms with E-state index in [0.29, 0.717) is 13.0 Å². The quantitative estimate of drug-likeness (QED) is 0.332. The van der Waals surface area contributed by atoms with Gasteiger partial charge in [-0.1, -0.05) is 48.5 Å². The molecular weight excluding hydrogens is 502 g/mol. The second kappa shape index (κ2) is 14.1. The molecule has 0 spiro atoms. The second-order valence-corrected chi connectivity index (χ2v) is 10.1. The average Bonchev–Trinajstić information content (AvgIpc) is 3.27. The van der Waals surface area contributed by atoms with Crippen molar-refractivity contribution in [1.29, 1.82) is 0 Å². The fraction of sp³-hybridized carbons (Fsp3) is 0.355. The Labute approximate surface area is 253 Å². The van der Waals surface area contributed by atoms with E-state index in [4.69, 9.17) is 10.1 Å². The normalized spacial score (nSPS) is 14.5. The molecule has 0 atom stereocenters. The summed E-state index contributed by atoms with van der Waals surface area (Å²) in [6.07, 6.45) is 3.88. The van der Waals surface area contributed by atoms with Crippen molar-refractivity contribution in [3.8, 4) is 0 Å². The largest absolute Gasteiger partial charge is 1.00 e. The first-order valence-electron chi connectivity index (χ1n) is 13.5. The zero-order chi connectivity index (χ0) is 26.3. The molecule has 4 aromatic rings. The van der Waals surface area contributed by atoms with E-state index in [0.717, 1.165) is 80.1 Å². The minimum atomic E-state index is -0.755. The Balaban J connectivity index is 0.00000220. The number of aryl methyl sites for hydroxylation is 1. The van der Waals surface area contributed by atoms with Gasteiger partial charge in [-0.25, -0.2) is 9.37 Å². The van der Waals surface area contributed by atoms with Gasteiger partial charge >= 0.3 is 35.5 Å². The number of halogens is 1. The van der Waals surface area contributed by atoms with Crippen molar-refractivity contribution >= 4 is 23.0 Å². The van der Waals surface area contributed by atoms with Crippen LogP contribution in [0.15, 0.2) is 72.8 Å². The number of fused-ring (bicyclic) bond motifs is 1. The third kappa shape index (κ3) is 7.92. The number of aliphatic carboxylic acids is 1. The van der Waals surface area contributed by atoms with Crippen LogP contribution in [0.2, 0.25) is 0 Å². The Morgan fingerprint density at radius 1 is 0.846 bits per heavy atom. The third-order valence-electron chi connectivity index (χ3n) is 7.34. The van der Waals surface area contributed by atoms with Crippen LogP contribution in [0, 0.1) is 5.82 Å². The summed E-state index contributed by atoms with van der Waals surface area (Å²) < 4.78 is 15.7. The van der Waals surface area contributed by atoms with Crippen molar-refractivity contribution < 1.29 is 45.3 Å².